The third kappa shape index (κ3) is 3.94. The van der Waals surface area contributed by atoms with Gasteiger partial charge in [0.05, 0.1) is 19.8 Å². The first kappa shape index (κ1) is 21.2. The zero-order valence-corrected chi connectivity index (χ0v) is 17.6. The zero-order chi connectivity index (χ0) is 21.7. The molecule has 1 aliphatic heterocycles. The van der Waals surface area contributed by atoms with E-state index >= 15 is 0 Å². The maximum Gasteiger partial charge on any atom is 0.278 e. The Morgan fingerprint density at radius 2 is 1.70 bits per heavy atom. The summed E-state index contributed by atoms with van der Waals surface area (Å²) in [5.41, 5.74) is 2.42. The number of nitrogens with zero attached hydrogens (tertiary/aromatic N) is 2. The molecule has 156 valence electrons. The van der Waals surface area contributed by atoms with Crippen LogP contribution < -0.4 is 9.47 Å². The topological polar surface area (TPSA) is 59.1 Å². The lowest BCUT2D eigenvalue weighted by molar-refractivity contribution is -0.136. The van der Waals surface area contributed by atoms with Gasteiger partial charge in [-0.25, -0.2) is 0 Å². The second-order valence-electron chi connectivity index (χ2n) is 6.80. The van der Waals surface area contributed by atoms with Gasteiger partial charge in [0, 0.05) is 19.6 Å². The van der Waals surface area contributed by atoms with Crippen LogP contribution >= 0.6 is 0 Å². The monoisotopic (exact) mass is 406 g/mol. The molecule has 2 aromatic carbocycles. The van der Waals surface area contributed by atoms with Crippen LogP contribution in [0.4, 0.5) is 0 Å². The quantitative estimate of drug-likeness (QED) is 0.471. The van der Waals surface area contributed by atoms with Crippen molar-refractivity contribution in [3.63, 3.8) is 0 Å². The minimum atomic E-state index is -0.339. The van der Waals surface area contributed by atoms with Crippen molar-refractivity contribution in [2.45, 2.75) is 13.5 Å². The number of likely N-dealkylation sites (N-methyl/N-ethyl adjacent to an activating group) is 1. The fourth-order valence-corrected chi connectivity index (χ4v) is 3.56. The number of ether oxygens (including phenoxy) is 2. The van der Waals surface area contributed by atoms with Gasteiger partial charge in [-0.15, -0.1) is 6.58 Å². The Labute approximate surface area is 177 Å². The van der Waals surface area contributed by atoms with E-state index < -0.39 is 0 Å². The van der Waals surface area contributed by atoms with Crippen LogP contribution in [-0.2, 0) is 16.1 Å². The van der Waals surface area contributed by atoms with Gasteiger partial charge >= 0.3 is 0 Å². The first-order chi connectivity index (χ1) is 14.5. The Morgan fingerprint density at radius 3 is 2.30 bits per heavy atom. The van der Waals surface area contributed by atoms with Crippen molar-refractivity contribution in [1.29, 1.82) is 0 Å². The molecule has 0 saturated heterocycles. The van der Waals surface area contributed by atoms with E-state index in [-0.39, 0.29) is 18.4 Å². The number of imide groups is 1. The molecule has 3 rings (SSSR count). The smallest absolute Gasteiger partial charge is 0.278 e. The van der Waals surface area contributed by atoms with Crippen molar-refractivity contribution in [3.05, 3.63) is 78.0 Å². The summed E-state index contributed by atoms with van der Waals surface area (Å²) >= 11 is 0. The molecule has 2 amide bonds. The van der Waals surface area contributed by atoms with Crippen LogP contribution in [0.1, 0.15) is 18.1 Å². The number of carbonyl (C=O) groups is 2. The van der Waals surface area contributed by atoms with E-state index in [9.17, 15) is 9.59 Å². The lowest BCUT2D eigenvalue weighted by atomic mass is 10.0. The Balaban J connectivity index is 2.13. The zero-order valence-electron chi connectivity index (χ0n) is 17.6. The largest absolute Gasteiger partial charge is 0.493 e. The van der Waals surface area contributed by atoms with Crippen molar-refractivity contribution in [2.75, 3.05) is 27.3 Å². The number of carbonyl (C=O) groups excluding carboxylic acids is 2. The molecule has 6 nitrogen and oxygen atoms in total. The van der Waals surface area contributed by atoms with Crippen molar-refractivity contribution in [1.82, 2.24) is 9.80 Å². The highest BCUT2D eigenvalue weighted by Gasteiger charge is 2.40. The minimum absolute atomic E-state index is 0.154. The van der Waals surface area contributed by atoms with Crippen LogP contribution in [0, 0.1) is 0 Å². The number of hydrogen-bond donors (Lipinski definition) is 0. The molecule has 0 radical (unpaired) electrons. The maximum atomic E-state index is 13.3. The van der Waals surface area contributed by atoms with Crippen LogP contribution in [0.5, 0.6) is 11.5 Å². The first-order valence-corrected chi connectivity index (χ1v) is 9.78. The molecule has 0 spiro atoms. The van der Waals surface area contributed by atoms with Crippen LogP contribution in [0.2, 0.25) is 0 Å². The number of amides is 2. The van der Waals surface area contributed by atoms with Crippen molar-refractivity contribution in [2.24, 2.45) is 0 Å². The number of benzene rings is 2. The van der Waals surface area contributed by atoms with E-state index in [0.717, 1.165) is 5.56 Å². The highest BCUT2D eigenvalue weighted by molar-refractivity contribution is 6.35. The summed E-state index contributed by atoms with van der Waals surface area (Å²) in [6.45, 7) is 6.90. The summed E-state index contributed by atoms with van der Waals surface area (Å²) in [6, 6.07) is 15.1. The van der Waals surface area contributed by atoms with Gasteiger partial charge in [-0.1, -0.05) is 42.5 Å². The second kappa shape index (κ2) is 9.31. The fraction of sp³-hybridized carbons (Fsp3) is 0.250. The molecular weight excluding hydrogens is 380 g/mol. The van der Waals surface area contributed by atoms with E-state index in [1.54, 1.807) is 31.4 Å². The fourth-order valence-electron chi connectivity index (χ4n) is 3.56. The van der Waals surface area contributed by atoms with Gasteiger partial charge < -0.3 is 14.4 Å². The van der Waals surface area contributed by atoms with Crippen LogP contribution in [-0.4, -0.2) is 48.9 Å². The summed E-state index contributed by atoms with van der Waals surface area (Å²) in [5.74, 6) is 0.395. The van der Waals surface area contributed by atoms with Gasteiger partial charge in [-0.05, 0) is 30.2 Å². The molecule has 0 fully saturated rings. The predicted molar refractivity (Wildman–Crippen MR) is 116 cm³/mol. The molecular formula is C24H26N2O4. The molecule has 0 atom stereocenters. The van der Waals surface area contributed by atoms with Gasteiger partial charge in [0.1, 0.15) is 5.70 Å². The van der Waals surface area contributed by atoms with E-state index in [4.69, 9.17) is 9.47 Å². The molecule has 6 heteroatoms. The lowest BCUT2D eigenvalue weighted by Gasteiger charge is -2.24. The van der Waals surface area contributed by atoms with E-state index in [0.29, 0.717) is 41.4 Å². The summed E-state index contributed by atoms with van der Waals surface area (Å²) in [4.78, 5) is 29.7. The van der Waals surface area contributed by atoms with Gasteiger partial charge in [0.2, 0.25) is 0 Å². The van der Waals surface area contributed by atoms with Gasteiger partial charge in [0.25, 0.3) is 11.8 Å². The third-order valence-electron chi connectivity index (χ3n) is 5.04. The molecule has 0 saturated carbocycles. The van der Waals surface area contributed by atoms with E-state index in [1.807, 2.05) is 42.2 Å². The van der Waals surface area contributed by atoms with Crippen LogP contribution in [0.15, 0.2) is 66.9 Å². The predicted octanol–water partition coefficient (Wildman–Crippen LogP) is 3.49. The number of methoxy groups -OCH3 is 2. The Bertz CT molecular complexity index is 982. The van der Waals surface area contributed by atoms with Gasteiger partial charge in [-0.3, -0.25) is 14.5 Å². The van der Waals surface area contributed by atoms with Crippen molar-refractivity contribution in [3.8, 4) is 11.5 Å². The Hall–Kier alpha value is -3.54. The molecule has 1 aliphatic rings. The molecule has 0 bridgehead atoms. The normalized spacial score (nSPS) is 13.6. The molecule has 1 heterocycles. The van der Waals surface area contributed by atoms with Crippen LogP contribution in [0.3, 0.4) is 0 Å². The molecule has 0 aromatic heterocycles. The summed E-state index contributed by atoms with van der Waals surface area (Å²) in [7, 11) is 3.09. The standard InChI is InChI=1S/C24H26N2O4/c1-5-14-26-23(27)21(18-12-13-19(29-3)20(15-18)30-4)22(24(26)28)25(6-2)16-17-10-8-7-9-11-17/h5,7-13,15H,1,6,14,16H2,2-4H3. The number of rotatable bonds is 9. The van der Waals surface area contributed by atoms with E-state index in [1.165, 1.54) is 12.0 Å². The van der Waals surface area contributed by atoms with Crippen molar-refractivity contribution >= 4 is 17.4 Å². The van der Waals surface area contributed by atoms with E-state index in [2.05, 4.69) is 6.58 Å². The van der Waals surface area contributed by atoms with Gasteiger partial charge in [-0.2, -0.15) is 0 Å². The summed E-state index contributed by atoms with van der Waals surface area (Å²) in [6.07, 6.45) is 1.55. The highest BCUT2D eigenvalue weighted by Crippen LogP contribution is 2.36. The molecule has 0 unspecified atom stereocenters. The van der Waals surface area contributed by atoms with Gasteiger partial charge in [0.15, 0.2) is 11.5 Å². The molecule has 0 aliphatic carbocycles. The molecule has 0 N–H and O–H groups in total. The Kier molecular flexibility index (Phi) is 6.57. The summed E-state index contributed by atoms with van der Waals surface area (Å²) in [5, 5.41) is 0. The number of hydrogen-bond acceptors (Lipinski definition) is 5. The summed E-state index contributed by atoms with van der Waals surface area (Å²) < 4.78 is 10.7. The van der Waals surface area contributed by atoms with Crippen LogP contribution in [0.25, 0.3) is 5.57 Å². The second-order valence-corrected chi connectivity index (χ2v) is 6.80. The Morgan fingerprint density at radius 1 is 1.00 bits per heavy atom. The SMILES string of the molecule is C=CCN1C(=O)C(c2ccc(OC)c(OC)c2)=C(N(CC)Cc2ccccc2)C1=O. The highest BCUT2D eigenvalue weighted by atomic mass is 16.5. The first-order valence-electron chi connectivity index (χ1n) is 9.78. The maximum absolute atomic E-state index is 13.3. The molecule has 30 heavy (non-hydrogen) atoms. The minimum Gasteiger partial charge on any atom is -0.493 e. The average molecular weight is 406 g/mol. The average Bonchev–Trinajstić information content (AvgIpc) is 3.02. The molecule has 2 aromatic rings. The third-order valence-corrected chi connectivity index (χ3v) is 5.04. The lowest BCUT2D eigenvalue weighted by Crippen LogP contribution is -2.35. The van der Waals surface area contributed by atoms with Crippen molar-refractivity contribution < 1.29 is 19.1 Å².